The summed E-state index contributed by atoms with van der Waals surface area (Å²) in [5.74, 6) is 0.808. The molecule has 31 heavy (non-hydrogen) atoms. The lowest BCUT2D eigenvalue weighted by Gasteiger charge is -2.20. The fourth-order valence-corrected chi connectivity index (χ4v) is 3.91. The number of methoxy groups -OCH3 is 1. The lowest BCUT2D eigenvalue weighted by atomic mass is 10.2. The van der Waals surface area contributed by atoms with Gasteiger partial charge in [-0.15, -0.1) is 5.10 Å². The van der Waals surface area contributed by atoms with Crippen LogP contribution in [0.25, 0.3) is 0 Å². The van der Waals surface area contributed by atoms with Crippen LogP contribution in [0.4, 0.5) is 0 Å². The van der Waals surface area contributed by atoms with Crippen LogP contribution in [0.2, 0.25) is 0 Å². The van der Waals surface area contributed by atoms with Gasteiger partial charge >= 0.3 is 0 Å². The van der Waals surface area contributed by atoms with Crippen molar-refractivity contribution in [1.29, 1.82) is 0 Å². The SMILES string of the molecule is COc1ccc(Cn2cc(CN(Cc3ccccn3)Cc3ccccn3)nn2)cc1Br. The molecule has 1 aromatic carbocycles. The third-order valence-corrected chi connectivity index (χ3v) is 5.38. The average Bonchev–Trinajstić information content (AvgIpc) is 3.22. The summed E-state index contributed by atoms with van der Waals surface area (Å²) in [6, 6.07) is 17.9. The van der Waals surface area contributed by atoms with Crippen LogP contribution in [0.5, 0.6) is 5.75 Å². The lowest BCUT2D eigenvalue weighted by Crippen LogP contribution is -2.23. The zero-order chi connectivity index (χ0) is 21.5. The maximum Gasteiger partial charge on any atom is 0.133 e. The summed E-state index contributed by atoms with van der Waals surface area (Å²) in [4.78, 5) is 11.2. The van der Waals surface area contributed by atoms with Crippen molar-refractivity contribution in [2.75, 3.05) is 7.11 Å². The van der Waals surface area contributed by atoms with Crippen LogP contribution in [0.15, 0.2) is 77.7 Å². The molecule has 0 radical (unpaired) electrons. The van der Waals surface area contributed by atoms with Gasteiger partial charge in [0.25, 0.3) is 0 Å². The average molecular weight is 479 g/mol. The molecule has 0 bridgehead atoms. The van der Waals surface area contributed by atoms with Gasteiger partial charge in [-0.25, -0.2) is 4.68 Å². The fraction of sp³-hybridized carbons (Fsp3) is 0.217. The van der Waals surface area contributed by atoms with E-state index in [0.29, 0.717) is 26.2 Å². The normalized spacial score (nSPS) is 11.1. The Morgan fingerprint density at radius 3 is 2.16 bits per heavy atom. The molecule has 4 rings (SSSR count). The van der Waals surface area contributed by atoms with Gasteiger partial charge in [0.1, 0.15) is 5.75 Å². The summed E-state index contributed by atoms with van der Waals surface area (Å²) >= 11 is 3.53. The van der Waals surface area contributed by atoms with Gasteiger partial charge in [0, 0.05) is 32.0 Å². The summed E-state index contributed by atoms with van der Waals surface area (Å²) in [7, 11) is 1.66. The van der Waals surface area contributed by atoms with Crippen LogP contribution in [0.1, 0.15) is 22.6 Å². The molecule has 0 amide bonds. The molecule has 0 saturated heterocycles. The summed E-state index contributed by atoms with van der Waals surface area (Å²) in [6.45, 7) is 2.70. The molecule has 0 aliphatic heterocycles. The number of ether oxygens (including phenoxy) is 1. The van der Waals surface area contributed by atoms with Crippen molar-refractivity contribution in [2.24, 2.45) is 0 Å². The molecule has 0 saturated carbocycles. The zero-order valence-corrected chi connectivity index (χ0v) is 18.8. The number of aromatic nitrogens is 5. The second-order valence-corrected chi connectivity index (χ2v) is 8.02. The smallest absolute Gasteiger partial charge is 0.133 e. The van der Waals surface area contributed by atoms with E-state index in [1.807, 2.05) is 77.9 Å². The predicted molar refractivity (Wildman–Crippen MR) is 121 cm³/mol. The van der Waals surface area contributed by atoms with Crippen molar-refractivity contribution in [2.45, 2.75) is 26.2 Å². The Kier molecular flexibility index (Phi) is 7.01. The van der Waals surface area contributed by atoms with Crippen molar-refractivity contribution >= 4 is 15.9 Å². The Bertz CT molecular complexity index is 1060. The van der Waals surface area contributed by atoms with E-state index in [1.165, 1.54) is 0 Å². The molecular formula is C23H23BrN6O. The van der Waals surface area contributed by atoms with E-state index < -0.39 is 0 Å². The van der Waals surface area contributed by atoms with Crippen LogP contribution < -0.4 is 4.74 Å². The number of benzene rings is 1. The Balaban J connectivity index is 1.46. The molecule has 158 valence electrons. The van der Waals surface area contributed by atoms with E-state index in [2.05, 4.69) is 41.1 Å². The Morgan fingerprint density at radius 1 is 0.903 bits per heavy atom. The second-order valence-electron chi connectivity index (χ2n) is 7.16. The highest BCUT2D eigenvalue weighted by molar-refractivity contribution is 9.10. The quantitative estimate of drug-likeness (QED) is 0.360. The van der Waals surface area contributed by atoms with Gasteiger partial charge in [-0.3, -0.25) is 14.9 Å². The third-order valence-electron chi connectivity index (χ3n) is 4.76. The minimum absolute atomic E-state index is 0.635. The Labute approximate surface area is 189 Å². The Morgan fingerprint density at radius 2 is 1.58 bits per heavy atom. The van der Waals surface area contributed by atoms with Gasteiger partial charge in [-0.1, -0.05) is 23.4 Å². The first-order valence-corrected chi connectivity index (χ1v) is 10.7. The monoisotopic (exact) mass is 478 g/mol. The highest BCUT2D eigenvalue weighted by Gasteiger charge is 2.13. The van der Waals surface area contributed by atoms with Gasteiger partial charge in [0.15, 0.2) is 0 Å². The van der Waals surface area contributed by atoms with E-state index in [4.69, 9.17) is 4.74 Å². The maximum atomic E-state index is 5.30. The van der Waals surface area contributed by atoms with Gasteiger partial charge in [-0.05, 0) is 57.9 Å². The van der Waals surface area contributed by atoms with Crippen molar-refractivity contribution in [1.82, 2.24) is 29.9 Å². The molecule has 0 N–H and O–H groups in total. The standard InChI is InChI=1S/C23H23BrN6O/c1-31-23-9-8-18(12-22(23)24)13-30-17-21(27-28-30)16-29(14-19-6-2-4-10-25-19)15-20-7-3-5-11-26-20/h2-12,17H,13-16H2,1H3. The molecule has 4 aromatic rings. The van der Waals surface area contributed by atoms with Crippen molar-refractivity contribution in [3.8, 4) is 5.75 Å². The first-order chi connectivity index (χ1) is 15.2. The number of hydrogen-bond donors (Lipinski definition) is 0. The minimum Gasteiger partial charge on any atom is -0.496 e. The number of pyridine rings is 2. The molecule has 0 atom stereocenters. The fourth-order valence-electron chi connectivity index (χ4n) is 3.32. The summed E-state index contributed by atoms with van der Waals surface area (Å²) in [5, 5.41) is 8.70. The van der Waals surface area contributed by atoms with Crippen molar-refractivity contribution in [3.63, 3.8) is 0 Å². The van der Waals surface area contributed by atoms with E-state index >= 15 is 0 Å². The van der Waals surface area contributed by atoms with Crippen LogP contribution in [0, 0.1) is 0 Å². The number of hydrogen-bond acceptors (Lipinski definition) is 6. The van der Waals surface area contributed by atoms with Crippen molar-refractivity contribution < 1.29 is 4.74 Å². The zero-order valence-electron chi connectivity index (χ0n) is 17.2. The molecule has 7 nitrogen and oxygen atoms in total. The Hall–Kier alpha value is -3.10. The molecule has 0 aliphatic carbocycles. The van der Waals surface area contributed by atoms with Crippen LogP contribution in [-0.4, -0.2) is 37.0 Å². The van der Waals surface area contributed by atoms with Gasteiger partial charge in [0.2, 0.25) is 0 Å². The first kappa shape index (κ1) is 21.1. The van der Waals surface area contributed by atoms with Gasteiger partial charge in [-0.2, -0.15) is 0 Å². The highest BCUT2D eigenvalue weighted by Crippen LogP contribution is 2.25. The van der Waals surface area contributed by atoms with Crippen LogP contribution in [0.3, 0.4) is 0 Å². The molecule has 0 fully saturated rings. The highest BCUT2D eigenvalue weighted by atomic mass is 79.9. The molecule has 3 aromatic heterocycles. The molecular weight excluding hydrogens is 456 g/mol. The topological polar surface area (TPSA) is 69.0 Å². The molecule has 8 heteroatoms. The van der Waals surface area contributed by atoms with Crippen LogP contribution in [-0.2, 0) is 26.2 Å². The van der Waals surface area contributed by atoms with Gasteiger partial charge < -0.3 is 4.74 Å². The van der Waals surface area contributed by atoms with E-state index in [0.717, 1.165) is 32.9 Å². The van der Waals surface area contributed by atoms with E-state index in [9.17, 15) is 0 Å². The number of nitrogens with zero attached hydrogens (tertiary/aromatic N) is 6. The third kappa shape index (κ3) is 5.96. The predicted octanol–water partition coefficient (Wildman–Crippen LogP) is 4.09. The number of halogens is 1. The summed E-state index contributed by atoms with van der Waals surface area (Å²) in [6.07, 6.45) is 5.62. The molecule has 0 aliphatic rings. The van der Waals surface area contributed by atoms with E-state index in [1.54, 1.807) is 7.11 Å². The lowest BCUT2D eigenvalue weighted by molar-refractivity contribution is 0.238. The molecule has 0 unspecified atom stereocenters. The van der Waals surface area contributed by atoms with Gasteiger partial charge in [0.05, 0.1) is 41.4 Å². The maximum absolute atomic E-state index is 5.30. The minimum atomic E-state index is 0.635. The summed E-state index contributed by atoms with van der Waals surface area (Å²) < 4.78 is 8.07. The van der Waals surface area contributed by atoms with Crippen molar-refractivity contribution in [3.05, 3.63) is 100 Å². The first-order valence-electron chi connectivity index (χ1n) is 9.93. The summed E-state index contributed by atoms with van der Waals surface area (Å²) in [5.41, 5.74) is 4.03. The van der Waals surface area contributed by atoms with Crippen LogP contribution >= 0.6 is 15.9 Å². The van der Waals surface area contributed by atoms with E-state index in [-0.39, 0.29) is 0 Å². The molecule has 3 heterocycles. The second kappa shape index (κ2) is 10.3. The largest absolute Gasteiger partial charge is 0.496 e. The number of rotatable bonds is 9. The molecule has 0 spiro atoms.